The number of imidazole rings is 1. The van der Waals surface area contributed by atoms with E-state index in [1.165, 1.54) is 11.3 Å². The van der Waals surface area contributed by atoms with Crippen LogP contribution >= 0.6 is 11.3 Å². The van der Waals surface area contributed by atoms with Crippen molar-refractivity contribution in [2.24, 2.45) is 7.05 Å². The lowest BCUT2D eigenvalue weighted by Crippen LogP contribution is -2.38. The van der Waals surface area contributed by atoms with Gasteiger partial charge in [-0.1, -0.05) is 0 Å². The van der Waals surface area contributed by atoms with Crippen molar-refractivity contribution in [3.63, 3.8) is 0 Å². The number of piperidine rings is 1. The van der Waals surface area contributed by atoms with Gasteiger partial charge in [0.05, 0.1) is 28.2 Å². The van der Waals surface area contributed by atoms with Gasteiger partial charge in [-0.3, -0.25) is 19.3 Å². The highest BCUT2D eigenvalue weighted by Crippen LogP contribution is 2.32. The van der Waals surface area contributed by atoms with Crippen molar-refractivity contribution in [1.29, 1.82) is 0 Å². The number of aromatic nitrogens is 5. The van der Waals surface area contributed by atoms with Crippen LogP contribution in [0.4, 0.5) is 0 Å². The van der Waals surface area contributed by atoms with E-state index in [0.717, 1.165) is 58.0 Å². The molecule has 1 aliphatic rings. The molecule has 36 heavy (non-hydrogen) atoms. The second-order valence-corrected chi connectivity index (χ2v) is 10.4. The zero-order valence-electron chi connectivity index (χ0n) is 20.9. The molecule has 10 heteroatoms. The molecule has 0 aliphatic carbocycles. The monoisotopic (exact) mass is 505 g/mol. The number of hydrogen-bond acceptors (Lipinski definition) is 6. The van der Waals surface area contributed by atoms with E-state index >= 15 is 0 Å². The number of aryl methyl sites for hydroxylation is 4. The molecule has 0 atom stereocenters. The van der Waals surface area contributed by atoms with Gasteiger partial charge in [-0.25, -0.2) is 4.98 Å². The van der Waals surface area contributed by atoms with Gasteiger partial charge in [-0.15, -0.1) is 11.3 Å². The molecular formula is C26H31N7O2S. The van der Waals surface area contributed by atoms with Crippen molar-refractivity contribution in [3.05, 3.63) is 64.4 Å². The number of carbonyl (C=O) groups is 2. The van der Waals surface area contributed by atoms with E-state index in [1.807, 2.05) is 59.4 Å². The minimum absolute atomic E-state index is 0.0714. The third kappa shape index (κ3) is 4.90. The Morgan fingerprint density at radius 3 is 2.72 bits per heavy atom. The van der Waals surface area contributed by atoms with Gasteiger partial charge in [0.2, 0.25) is 0 Å². The average molecular weight is 506 g/mol. The van der Waals surface area contributed by atoms with Crippen LogP contribution in [0, 0.1) is 13.8 Å². The Kier molecular flexibility index (Phi) is 6.86. The Labute approximate surface area is 214 Å². The first-order valence-corrected chi connectivity index (χ1v) is 13.2. The van der Waals surface area contributed by atoms with Crippen LogP contribution < -0.4 is 5.32 Å². The molecule has 0 aromatic carbocycles. The molecule has 5 heterocycles. The quantitative estimate of drug-likeness (QED) is 0.387. The third-order valence-electron chi connectivity index (χ3n) is 6.82. The first-order valence-electron chi connectivity index (χ1n) is 12.3. The fraction of sp³-hybridized carbons (Fsp3) is 0.423. The average Bonchev–Trinajstić information content (AvgIpc) is 3.61. The molecule has 4 aromatic heterocycles. The largest absolute Gasteiger partial charge is 0.352 e. The topological polar surface area (TPSA) is 97.9 Å². The van der Waals surface area contributed by atoms with E-state index in [4.69, 9.17) is 4.98 Å². The van der Waals surface area contributed by atoms with E-state index in [2.05, 4.69) is 15.4 Å². The van der Waals surface area contributed by atoms with Gasteiger partial charge >= 0.3 is 0 Å². The second kappa shape index (κ2) is 10.2. The molecule has 1 fully saturated rings. The van der Waals surface area contributed by atoms with Crippen LogP contribution in [0.5, 0.6) is 0 Å². The second-order valence-electron chi connectivity index (χ2n) is 9.40. The molecule has 0 saturated carbocycles. The fourth-order valence-electron chi connectivity index (χ4n) is 4.88. The van der Waals surface area contributed by atoms with E-state index in [0.29, 0.717) is 25.2 Å². The van der Waals surface area contributed by atoms with Gasteiger partial charge in [0.25, 0.3) is 11.8 Å². The number of nitrogens with one attached hydrogen (secondary N) is 1. The normalized spacial score (nSPS) is 14.5. The maximum atomic E-state index is 13.2. The van der Waals surface area contributed by atoms with Crippen molar-refractivity contribution in [2.75, 3.05) is 19.6 Å². The van der Waals surface area contributed by atoms with Gasteiger partial charge in [-0.05, 0) is 51.3 Å². The summed E-state index contributed by atoms with van der Waals surface area (Å²) in [5.74, 6) is 0.132. The van der Waals surface area contributed by atoms with Gasteiger partial charge in [0.15, 0.2) is 0 Å². The van der Waals surface area contributed by atoms with Crippen molar-refractivity contribution in [1.82, 2.24) is 34.5 Å². The van der Waals surface area contributed by atoms with E-state index < -0.39 is 0 Å². The number of thiophene rings is 1. The Morgan fingerprint density at radius 2 is 2.00 bits per heavy atom. The summed E-state index contributed by atoms with van der Waals surface area (Å²) in [5.41, 5.74) is 3.33. The van der Waals surface area contributed by atoms with Crippen LogP contribution in [0.3, 0.4) is 0 Å². The van der Waals surface area contributed by atoms with Crippen molar-refractivity contribution < 1.29 is 9.59 Å². The number of likely N-dealkylation sites (tertiary alicyclic amines) is 1. The van der Waals surface area contributed by atoms with Crippen molar-refractivity contribution >= 4 is 33.4 Å². The summed E-state index contributed by atoms with van der Waals surface area (Å²) >= 11 is 1.50. The van der Waals surface area contributed by atoms with Crippen LogP contribution in [-0.2, 0) is 13.6 Å². The number of fused-ring (bicyclic) bond motifs is 1. The summed E-state index contributed by atoms with van der Waals surface area (Å²) in [6.45, 7) is 6.61. The lowest BCUT2D eigenvalue weighted by Gasteiger charge is -2.32. The van der Waals surface area contributed by atoms with Gasteiger partial charge < -0.3 is 14.8 Å². The highest BCUT2D eigenvalue weighted by Gasteiger charge is 2.29. The first-order chi connectivity index (χ1) is 17.4. The van der Waals surface area contributed by atoms with Crippen molar-refractivity contribution in [3.8, 4) is 0 Å². The number of rotatable bonds is 7. The molecule has 1 N–H and O–H groups in total. The van der Waals surface area contributed by atoms with E-state index in [1.54, 1.807) is 12.5 Å². The molecule has 188 valence electrons. The molecule has 1 saturated heterocycles. The zero-order valence-corrected chi connectivity index (χ0v) is 21.7. The van der Waals surface area contributed by atoms with Gasteiger partial charge in [0, 0.05) is 62.6 Å². The highest BCUT2D eigenvalue weighted by molar-refractivity contribution is 7.20. The summed E-state index contributed by atoms with van der Waals surface area (Å²) < 4.78 is 3.84. The standard InChI is InChI=1S/C26H31N7O2S/c1-17-5-6-20(24(34)28-9-4-11-32-14-10-27-16-32)23(29-17)19-7-12-33(13-8-19)25(35)22-15-21-18(2)30-31(3)26(21)36-22/h5-6,10,14-16,19H,4,7-9,11-13H2,1-3H3,(H,28,34). The first kappa shape index (κ1) is 24.2. The predicted molar refractivity (Wildman–Crippen MR) is 139 cm³/mol. The minimum Gasteiger partial charge on any atom is -0.352 e. The molecule has 0 bridgehead atoms. The molecule has 2 amide bonds. The van der Waals surface area contributed by atoms with Crippen LogP contribution in [0.25, 0.3) is 10.2 Å². The molecule has 1 aliphatic heterocycles. The molecule has 0 unspecified atom stereocenters. The fourth-order valence-corrected chi connectivity index (χ4v) is 5.97. The summed E-state index contributed by atoms with van der Waals surface area (Å²) in [6.07, 6.45) is 7.84. The Morgan fingerprint density at radius 1 is 1.19 bits per heavy atom. The SMILES string of the molecule is Cc1ccc(C(=O)NCCCn2ccnc2)c(C2CCN(C(=O)c3cc4c(C)nn(C)c4s3)CC2)n1. The molecule has 4 aromatic rings. The van der Waals surface area contributed by atoms with Crippen LogP contribution in [0.2, 0.25) is 0 Å². The van der Waals surface area contributed by atoms with E-state index in [9.17, 15) is 9.59 Å². The van der Waals surface area contributed by atoms with Gasteiger partial charge in [0.1, 0.15) is 4.83 Å². The van der Waals surface area contributed by atoms with Crippen LogP contribution in [0.15, 0.2) is 36.9 Å². The Hall–Kier alpha value is -3.53. The third-order valence-corrected chi connectivity index (χ3v) is 8.01. The van der Waals surface area contributed by atoms with Crippen molar-refractivity contribution in [2.45, 2.75) is 45.6 Å². The zero-order chi connectivity index (χ0) is 25.2. The summed E-state index contributed by atoms with van der Waals surface area (Å²) in [7, 11) is 1.91. The summed E-state index contributed by atoms with van der Waals surface area (Å²) in [5, 5.41) is 8.52. The van der Waals surface area contributed by atoms with Gasteiger partial charge in [-0.2, -0.15) is 5.10 Å². The lowest BCUT2D eigenvalue weighted by atomic mass is 9.89. The number of pyridine rings is 1. The Bertz CT molecular complexity index is 1350. The van der Waals surface area contributed by atoms with Crippen LogP contribution in [-0.4, -0.2) is 60.7 Å². The molecule has 5 rings (SSSR count). The maximum Gasteiger partial charge on any atom is 0.264 e. The van der Waals surface area contributed by atoms with Crippen LogP contribution in [0.1, 0.15) is 62.3 Å². The van der Waals surface area contributed by atoms with E-state index in [-0.39, 0.29) is 17.7 Å². The number of hydrogen-bond donors (Lipinski definition) is 1. The molecule has 0 spiro atoms. The molecule has 9 nitrogen and oxygen atoms in total. The number of nitrogens with zero attached hydrogens (tertiary/aromatic N) is 6. The summed E-state index contributed by atoms with van der Waals surface area (Å²) in [4.78, 5) is 38.7. The highest BCUT2D eigenvalue weighted by atomic mass is 32.1. The smallest absolute Gasteiger partial charge is 0.264 e. The molecule has 0 radical (unpaired) electrons. The maximum absolute atomic E-state index is 13.2. The minimum atomic E-state index is -0.0871. The number of carbonyl (C=O) groups excluding carboxylic acids is 2. The Balaban J connectivity index is 1.22. The number of amides is 2. The lowest BCUT2D eigenvalue weighted by molar-refractivity contribution is 0.0715. The summed E-state index contributed by atoms with van der Waals surface area (Å²) in [6, 6.07) is 5.74. The predicted octanol–water partition coefficient (Wildman–Crippen LogP) is 3.68. The molecular weight excluding hydrogens is 474 g/mol.